The lowest BCUT2D eigenvalue weighted by atomic mass is 9.90. The molecule has 0 aliphatic carbocycles. The summed E-state index contributed by atoms with van der Waals surface area (Å²) in [7, 11) is 1.57. The monoisotopic (exact) mass is 429 g/mol. The summed E-state index contributed by atoms with van der Waals surface area (Å²) in [5, 5.41) is 2.81. The molecule has 2 aromatic rings. The molecule has 2 aliphatic heterocycles. The van der Waals surface area contributed by atoms with Gasteiger partial charge in [0, 0.05) is 38.0 Å². The van der Waals surface area contributed by atoms with Crippen molar-refractivity contribution in [2.24, 2.45) is 10.9 Å². The van der Waals surface area contributed by atoms with E-state index in [1.54, 1.807) is 37.8 Å². The van der Waals surface area contributed by atoms with Crippen LogP contribution in [-0.2, 0) is 20.9 Å². The van der Waals surface area contributed by atoms with Gasteiger partial charge in [0.1, 0.15) is 17.1 Å². The summed E-state index contributed by atoms with van der Waals surface area (Å²) in [6.07, 6.45) is 4.55. The van der Waals surface area contributed by atoms with Crippen molar-refractivity contribution >= 4 is 28.6 Å². The molecule has 0 spiro atoms. The van der Waals surface area contributed by atoms with Gasteiger partial charge in [0.2, 0.25) is 0 Å². The predicted octanol–water partition coefficient (Wildman–Crippen LogP) is 2.76. The number of nitrogens with zero attached hydrogens (tertiary/aromatic N) is 2. The smallest absolute Gasteiger partial charge is 0.257 e. The van der Waals surface area contributed by atoms with Crippen molar-refractivity contribution in [3.63, 3.8) is 0 Å². The minimum atomic E-state index is -0.461. The van der Waals surface area contributed by atoms with Crippen molar-refractivity contribution in [2.45, 2.75) is 30.7 Å². The molecule has 1 amide bonds. The number of aliphatic imine (C=N–C) groups is 1. The maximum absolute atomic E-state index is 13.2. The molecule has 4 heterocycles. The molecule has 2 aliphatic rings. The highest BCUT2D eigenvalue weighted by Gasteiger charge is 2.41. The predicted molar refractivity (Wildman–Crippen MR) is 111 cm³/mol. The maximum Gasteiger partial charge on any atom is 0.257 e. The van der Waals surface area contributed by atoms with Gasteiger partial charge in [-0.3, -0.25) is 14.6 Å². The minimum absolute atomic E-state index is 0.0595. The molecule has 2 unspecified atom stereocenters. The van der Waals surface area contributed by atoms with Crippen LogP contribution in [0.15, 0.2) is 46.1 Å². The Labute approximate surface area is 178 Å². The Morgan fingerprint density at radius 1 is 1.30 bits per heavy atom. The van der Waals surface area contributed by atoms with E-state index in [1.165, 1.54) is 11.8 Å². The van der Waals surface area contributed by atoms with Crippen LogP contribution in [0.2, 0.25) is 0 Å². The number of Topliss-reactive ketones (excluding diaryl/α,β-unsaturated/α-hetero) is 1. The first-order valence-corrected chi connectivity index (χ1v) is 10.7. The molecule has 2 aromatic heterocycles. The lowest BCUT2D eigenvalue weighted by molar-refractivity contribution is -0.125. The second-order valence-electron chi connectivity index (χ2n) is 7.14. The average molecular weight is 429 g/mol. The quantitative estimate of drug-likeness (QED) is 0.753. The number of aromatic nitrogens is 1. The van der Waals surface area contributed by atoms with E-state index in [4.69, 9.17) is 13.9 Å². The van der Waals surface area contributed by atoms with Gasteiger partial charge in [0.05, 0.1) is 18.6 Å². The number of rotatable bonds is 6. The average Bonchev–Trinajstić information content (AvgIpc) is 3.44. The minimum Gasteiger partial charge on any atom is -0.467 e. The Morgan fingerprint density at radius 3 is 2.87 bits per heavy atom. The first kappa shape index (κ1) is 20.8. The second-order valence-corrected chi connectivity index (χ2v) is 8.28. The molecule has 30 heavy (non-hydrogen) atoms. The van der Waals surface area contributed by atoms with Crippen LogP contribution >= 0.6 is 11.8 Å². The van der Waals surface area contributed by atoms with Crippen molar-refractivity contribution in [1.82, 2.24) is 10.3 Å². The van der Waals surface area contributed by atoms with Crippen LogP contribution in [0.4, 0.5) is 0 Å². The van der Waals surface area contributed by atoms with E-state index in [2.05, 4.69) is 15.3 Å². The molecule has 1 fully saturated rings. The van der Waals surface area contributed by atoms with Gasteiger partial charge in [-0.25, -0.2) is 4.99 Å². The largest absolute Gasteiger partial charge is 0.467 e. The van der Waals surface area contributed by atoms with Gasteiger partial charge in [-0.15, -0.1) is 0 Å². The molecule has 0 radical (unpaired) electrons. The summed E-state index contributed by atoms with van der Waals surface area (Å²) in [4.78, 5) is 34.7. The number of amides is 1. The van der Waals surface area contributed by atoms with Crippen LogP contribution in [0.5, 0.6) is 0 Å². The molecule has 158 valence electrons. The van der Waals surface area contributed by atoms with Gasteiger partial charge in [0.25, 0.3) is 5.91 Å². The van der Waals surface area contributed by atoms with E-state index in [9.17, 15) is 9.59 Å². The normalized spacial score (nSPS) is 22.0. The number of hydrogen-bond donors (Lipinski definition) is 1. The summed E-state index contributed by atoms with van der Waals surface area (Å²) >= 11 is 1.28. The Hall–Kier alpha value is -2.49. The van der Waals surface area contributed by atoms with E-state index >= 15 is 0 Å². The molecule has 0 saturated carbocycles. The van der Waals surface area contributed by atoms with Gasteiger partial charge >= 0.3 is 0 Å². The number of ether oxygens (including phenoxy) is 2. The number of nitrogens with one attached hydrogen (secondary N) is 1. The lowest BCUT2D eigenvalue weighted by Crippen LogP contribution is -2.33. The summed E-state index contributed by atoms with van der Waals surface area (Å²) in [6, 6.07) is 6.42. The summed E-state index contributed by atoms with van der Waals surface area (Å²) in [6.45, 7) is 1.50. The molecular weight excluding hydrogens is 406 g/mol. The second kappa shape index (κ2) is 9.55. The van der Waals surface area contributed by atoms with Gasteiger partial charge in [0.15, 0.2) is 11.0 Å². The van der Waals surface area contributed by atoms with Crippen LogP contribution in [-0.4, -0.2) is 47.4 Å². The fraction of sp³-hybridized carbons (Fsp3) is 0.429. The SMILES string of the molecule is COCc1cc(C(=O)NC2=NC(c3ccco3)C(C(=O)C3CCOCC3)S2)ccn1. The van der Waals surface area contributed by atoms with Crippen molar-refractivity contribution in [3.8, 4) is 0 Å². The highest BCUT2D eigenvalue weighted by atomic mass is 32.2. The number of hydrogen-bond acceptors (Lipinski definition) is 8. The van der Waals surface area contributed by atoms with E-state index in [0.717, 1.165) is 0 Å². The third-order valence-electron chi connectivity index (χ3n) is 5.11. The number of ketones is 1. The zero-order valence-electron chi connectivity index (χ0n) is 16.6. The highest BCUT2D eigenvalue weighted by Crippen LogP contribution is 2.40. The van der Waals surface area contributed by atoms with Crippen LogP contribution in [0.1, 0.15) is 40.7 Å². The third kappa shape index (κ3) is 4.63. The molecule has 1 saturated heterocycles. The molecule has 0 aromatic carbocycles. The van der Waals surface area contributed by atoms with Crippen LogP contribution < -0.4 is 5.32 Å². The number of amidine groups is 1. The first-order valence-electron chi connectivity index (χ1n) is 9.80. The molecule has 1 N–H and O–H groups in total. The van der Waals surface area contributed by atoms with E-state index in [-0.39, 0.29) is 17.6 Å². The van der Waals surface area contributed by atoms with Crippen molar-refractivity contribution in [2.75, 3.05) is 20.3 Å². The summed E-state index contributed by atoms with van der Waals surface area (Å²) < 4.78 is 16.0. The number of furan rings is 1. The van der Waals surface area contributed by atoms with E-state index in [0.29, 0.717) is 54.8 Å². The number of methoxy groups -OCH3 is 1. The Morgan fingerprint density at radius 2 is 2.13 bits per heavy atom. The van der Waals surface area contributed by atoms with Crippen molar-refractivity contribution in [3.05, 3.63) is 53.7 Å². The number of carbonyl (C=O) groups is 2. The van der Waals surface area contributed by atoms with Gasteiger partial charge in [-0.1, -0.05) is 11.8 Å². The zero-order chi connectivity index (χ0) is 20.9. The van der Waals surface area contributed by atoms with E-state index < -0.39 is 11.3 Å². The maximum atomic E-state index is 13.2. The fourth-order valence-corrected chi connectivity index (χ4v) is 4.79. The number of pyridine rings is 1. The molecule has 0 bridgehead atoms. The van der Waals surface area contributed by atoms with Crippen LogP contribution in [0.25, 0.3) is 0 Å². The third-order valence-corrected chi connectivity index (χ3v) is 6.29. The molecule has 4 rings (SSSR count). The topological polar surface area (TPSA) is 103 Å². The first-order chi connectivity index (χ1) is 14.7. The summed E-state index contributed by atoms with van der Waals surface area (Å²) in [5.41, 5.74) is 1.11. The van der Waals surface area contributed by atoms with Crippen molar-refractivity contribution in [1.29, 1.82) is 0 Å². The highest BCUT2D eigenvalue weighted by molar-refractivity contribution is 8.15. The Balaban J connectivity index is 1.50. The number of thioether (sulfide) groups is 1. The Bertz CT molecular complexity index is 924. The van der Waals surface area contributed by atoms with E-state index in [1.807, 2.05) is 6.07 Å². The lowest BCUT2D eigenvalue weighted by Gasteiger charge is -2.24. The van der Waals surface area contributed by atoms with Crippen LogP contribution in [0, 0.1) is 5.92 Å². The zero-order valence-corrected chi connectivity index (χ0v) is 17.4. The van der Waals surface area contributed by atoms with Crippen LogP contribution in [0.3, 0.4) is 0 Å². The standard InChI is InChI=1S/C21H23N3O5S/c1-27-12-15-11-14(4-7-22-15)20(26)24-21-23-17(16-3-2-8-29-16)19(30-21)18(25)13-5-9-28-10-6-13/h2-4,7-8,11,13,17,19H,5-6,9-10,12H2,1H3,(H,23,24,26). The van der Waals surface area contributed by atoms with Crippen molar-refractivity contribution < 1.29 is 23.5 Å². The van der Waals surface area contributed by atoms with Gasteiger partial charge in [-0.2, -0.15) is 0 Å². The summed E-state index contributed by atoms with van der Waals surface area (Å²) in [5.74, 6) is 0.376. The number of carbonyl (C=O) groups excluding carboxylic acids is 2. The fourth-order valence-electron chi connectivity index (χ4n) is 3.59. The van der Waals surface area contributed by atoms with Gasteiger partial charge in [-0.05, 0) is 37.1 Å². The Kier molecular flexibility index (Phi) is 6.61. The molecule has 9 heteroatoms. The molecular formula is C21H23N3O5S. The molecule has 8 nitrogen and oxygen atoms in total. The van der Waals surface area contributed by atoms with Gasteiger partial charge < -0.3 is 19.2 Å². The molecule has 2 atom stereocenters.